The van der Waals surface area contributed by atoms with E-state index in [-0.39, 0.29) is 5.56 Å². The Bertz CT molecular complexity index is 533. The maximum atomic E-state index is 11.4. The fourth-order valence-corrected chi connectivity index (χ4v) is 2.01. The second-order valence-electron chi connectivity index (χ2n) is 2.85. The first-order valence-corrected chi connectivity index (χ1v) is 4.87. The Hall–Kier alpha value is -1.29. The van der Waals surface area contributed by atoms with E-state index >= 15 is 0 Å². The van der Waals surface area contributed by atoms with E-state index in [2.05, 4.69) is 20.9 Å². The predicted molar refractivity (Wildman–Crippen MR) is 58.8 cm³/mol. The van der Waals surface area contributed by atoms with Crippen LogP contribution in [0.4, 0.5) is 0 Å². The van der Waals surface area contributed by atoms with E-state index in [1.807, 2.05) is 6.07 Å². The van der Waals surface area contributed by atoms with Gasteiger partial charge in [-0.1, -0.05) is 0 Å². The van der Waals surface area contributed by atoms with Gasteiger partial charge in [-0.05, 0) is 34.1 Å². The molecule has 0 amide bonds. The first-order valence-electron chi connectivity index (χ1n) is 4.08. The van der Waals surface area contributed by atoms with Crippen molar-refractivity contribution in [3.8, 4) is 5.75 Å². The van der Waals surface area contributed by atoms with Crippen molar-refractivity contribution in [3.05, 3.63) is 39.2 Å². The van der Waals surface area contributed by atoms with Gasteiger partial charge in [0, 0.05) is 17.0 Å². The summed E-state index contributed by atoms with van der Waals surface area (Å²) in [6.45, 7) is 0. The number of fused-ring (bicyclic) bond motifs is 1. The van der Waals surface area contributed by atoms with Gasteiger partial charge in [-0.25, -0.2) is 0 Å². The molecule has 0 radical (unpaired) electrons. The van der Waals surface area contributed by atoms with E-state index in [0.717, 1.165) is 15.6 Å². The van der Waals surface area contributed by atoms with Gasteiger partial charge < -0.3 is 9.72 Å². The highest BCUT2D eigenvalue weighted by Gasteiger charge is 2.06. The molecule has 0 atom stereocenters. The van der Waals surface area contributed by atoms with Crippen LogP contribution in [-0.2, 0) is 0 Å². The molecule has 1 aromatic heterocycles. The Labute approximate surface area is 88.8 Å². The zero-order valence-electron chi connectivity index (χ0n) is 7.50. The molecule has 0 bridgehead atoms. The molecule has 1 N–H and O–H groups in total. The van der Waals surface area contributed by atoms with E-state index in [1.54, 1.807) is 25.4 Å². The molecule has 4 heteroatoms. The number of aromatic nitrogens is 1. The zero-order valence-corrected chi connectivity index (χ0v) is 9.09. The normalized spacial score (nSPS) is 10.4. The molecular formula is C10H8BrNO2. The summed E-state index contributed by atoms with van der Waals surface area (Å²) < 4.78 is 5.94. The molecule has 0 aliphatic rings. The topological polar surface area (TPSA) is 42.1 Å². The fourth-order valence-electron chi connectivity index (χ4n) is 1.37. The number of hydrogen-bond acceptors (Lipinski definition) is 2. The van der Waals surface area contributed by atoms with E-state index in [0.29, 0.717) is 5.39 Å². The summed E-state index contributed by atoms with van der Waals surface area (Å²) in [7, 11) is 1.60. The minimum absolute atomic E-state index is 0.0918. The Kier molecular flexibility index (Phi) is 2.29. The number of hydrogen-bond donors (Lipinski definition) is 1. The largest absolute Gasteiger partial charge is 0.496 e. The molecule has 0 spiro atoms. The lowest BCUT2D eigenvalue weighted by Gasteiger charge is -2.05. The van der Waals surface area contributed by atoms with Crippen molar-refractivity contribution in [2.45, 2.75) is 0 Å². The predicted octanol–water partition coefficient (Wildman–Crippen LogP) is 2.30. The number of rotatable bonds is 1. The van der Waals surface area contributed by atoms with Crippen molar-refractivity contribution in [2.24, 2.45) is 0 Å². The number of ether oxygens (including phenoxy) is 1. The number of methoxy groups -OCH3 is 1. The highest BCUT2D eigenvalue weighted by Crippen LogP contribution is 2.30. The third-order valence-electron chi connectivity index (χ3n) is 2.07. The van der Waals surface area contributed by atoms with Gasteiger partial charge in [-0.2, -0.15) is 0 Å². The number of halogens is 1. The molecule has 3 nitrogen and oxygen atoms in total. The maximum absolute atomic E-state index is 11.4. The Balaban J connectivity index is 2.91. The lowest BCUT2D eigenvalue weighted by molar-refractivity contribution is 0.413. The van der Waals surface area contributed by atoms with Crippen molar-refractivity contribution in [2.75, 3.05) is 7.11 Å². The van der Waals surface area contributed by atoms with Gasteiger partial charge >= 0.3 is 0 Å². The molecule has 2 rings (SSSR count). The molecule has 1 aromatic carbocycles. The summed E-state index contributed by atoms with van der Waals surface area (Å²) >= 11 is 3.40. The third-order valence-corrected chi connectivity index (χ3v) is 2.89. The van der Waals surface area contributed by atoms with E-state index in [1.165, 1.54) is 0 Å². The summed E-state index contributed by atoms with van der Waals surface area (Å²) in [5.74, 6) is 0.725. The van der Waals surface area contributed by atoms with Crippen LogP contribution in [0.2, 0.25) is 0 Å². The highest BCUT2D eigenvalue weighted by atomic mass is 79.9. The van der Waals surface area contributed by atoms with Gasteiger partial charge in [-0.15, -0.1) is 0 Å². The van der Waals surface area contributed by atoms with Crippen LogP contribution in [0.5, 0.6) is 5.75 Å². The quantitative estimate of drug-likeness (QED) is 0.848. The summed E-state index contributed by atoms with van der Waals surface area (Å²) in [5.41, 5.74) is -0.0918. The number of H-pyrrole nitrogens is 1. The minimum Gasteiger partial charge on any atom is -0.496 e. The number of nitrogens with one attached hydrogen (secondary N) is 1. The maximum Gasteiger partial charge on any atom is 0.255 e. The first kappa shape index (κ1) is 9.27. The summed E-state index contributed by atoms with van der Waals surface area (Å²) in [6.07, 6.45) is 1.62. The lowest BCUT2D eigenvalue weighted by atomic mass is 10.2. The van der Waals surface area contributed by atoms with Crippen LogP contribution in [-0.4, -0.2) is 12.1 Å². The average Bonchev–Trinajstić information content (AvgIpc) is 2.20. The Morgan fingerprint density at radius 3 is 2.79 bits per heavy atom. The van der Waals surface area contributed by atoms with E-state index in [4.69, 9.17) is 4.74 Å². The van der Waals surface area contributed by atoms with Crippen molar-refractivity contribution >= 4 is 26.7 Å². The van der Waals surface area contributed by atoms with Gasteiger partial charge in [0.2, 0.25) is 0 Å². The molecule has 0 aliphatic heterocycles. The standard InChI is InChI=1S/C10H8BrNO2/c1-14-8-3-2-7-6(9(8)11)4-5-12-10(7)13/h2-5H,1H3,(H,12,13). The van der Waals surface area contributed by atoms with Crippen molar-refractivity contribution in [1.82, 2.24) is 4.98 Å². The van der Waals surface area contributed by atoms with Crippen molar-refractivity contribution in [3.63, 3.8) is 0 Å². The van der Waals surface area contributed by atoms with Crippen LogP contribution in [0.25, 0.3) is 10.8 Å². The number of aromatic amines is 1. The fraction of sp³-hybridized carbons (Fsp3) is 0.100. The molecule has 1 heterocycles. The van der Waals surface area contributed by atoms with Crippen LogP contribution in [0, 0.1) is 0 Å². The molecule has 14 heavy (non-hydrogen) atoms. The van der Waals surface area contributed by atoms with Crippen LogP contribution in [0.3, 0.4) is 0 Å². The zero-order chi connectivity index (χ0) is 10.1. The Morgan fingerprint density at radius 1 is 1.29 bits per heavy atom. The summed E-state index contributed by atoms with van der Waals surface area (Å²) in [4.78, 5) is 14.0. The smallest absolute Gasteiger partial charge is 0.255 e. The minimum atomic E-state index is -0.0918. The van der Waals surface area contributed by atoms with Gasteiger partial charge in [0.05, 0.1) is 11.6 Å². The molecule has 0 fully saturated rings. The van der Waals surface area contributed by atoms with Gasteiger partial charge in [-0.3, -0.25) is 4.79 Å². The molecule has 2 aromatic rings. The lowest BCUT2D eigenvalue weighted by Crippen LogP contribution is -2.04. The second kappa shape index (κ2) is 3.46. The van der Waals surface area contributed by atoms with E-state index in [9.17, 15) is 4.79 Å². The molecule has 0 saturated heterocycles. The second-order valence-corrected chi connectivity index (χ2v) is 3.64. The molecular weight excluding hydrogens is 246 g/mol. The van der Waals surface area contributed by atoms with Crippen LogP contribution < -0.4 is 10.3 Å². The van der Waals surface area contributed by atoms with E-state index < -0.39 is 0 Å². The SMILES string of the molecule is COc1ccc2c(=O)[nH]ccc2c1Br. The molecule has 0 unspecified atom stereocenters. The molecule has 0 saturated carbocycles. The number of benzene rings is 1. The summed E-state index contributed by atoms with van der Waals surface area (Å²) in [5, 5.41) is 1.51. The number of pyridine rings is 1. The third kappa shape index (κ3) is 1.32. The summed E-state index contributed by atoms with van der Waals surface area (Å²) in [6, 6.07) is 5.35. The average molecular weight is 254 g/mol. The van der Waals surface area contributed by atoms with Crippen molar-refractivity contribution in [1.29, 1.82) is 0 Å². The first-order chi connectivity index (χ1) is 6.74. The van der Waals surface area contributed by atoms with Gasteiger partial charge in [0.15, 0.2) is 0 Å². The van der Waals surface area contributed by atoms with Crippen molar-refractivity contribution < 1.29 is 4.74 Å². The van der Waals surface area contributed by atoms with Crippen LogP contribution in [0.1, 0.15) is 0 Å². The highest BCUT2D eigenvalue weighted by molar-refractivity contribution is 9.10. The van der Waals surface area contributed by atoms with Gasteiger partial charge in [0.1, 0.15) is 5.75 Å². The Morgan fingerprint density at radius 2 is 2.07 bits per heavy atom. The molecule has 72 valence electrons. The molecule has 0 aliphatic carbocycles. The van der Waals surface area contributed by atoms with Crippen LogP contribution in [0.15, 0.2) is 33.7 Å². The van der Waals surface area contributed by atoms with Gasteiger partial charge in [0.25, 0.3) is 5.56 Å². The monoisotopic (exact) mass is 253 g/mol. The van der Waals surface area contributed by atoms with Crippen LogP contribution >= 0.6 is 15.9 Å².